The van der Waals surface area contributed by atoms with Gasteiger partial charge in [0.25, 0.3) is 0 Å². The number of carboxylic acids is 1. The third kappa shape index (κ3) is 10.3. The second-order valence-electron chi connectivity index (χ2n) is 12.8. The molecular weight excluding hydrogens is 520 g/mol. The zero-order valence-electron chi connectivity index (χ0n) is 26.4. The number of unbranched alkanes of at least 4 members (excludes halogenated alkanes) is 12. The number of esters is 1. The molecule has 1 N–H and O–H groups in total. The van der Waals surface area contributed by atoms with Crippen LogP contribution >= 0.6 is 0 Å². The average molecular weight is 573 g/mol. The molecule has 1 atom stereocenters. The second kappa shape index (κ2) is 17.1. The Kier molecular flexibility index (Phi) is 13.6. The van der Waals surface area contributed by atoms with Gasteiger partial charge in [-0.1, -0.05) is 153 Å². The second-order valence-corrected chi connectivity index (χ2v) is 12.8. The Bertz CT molecular complexity index is 1310. The summed E-state index contributed by atoms with van der Waals surface area (Å²) >= 11 is 0. The number of fused-ring (bicyclic) bond motifs is 2. The Labute approximate surface area is 253 Å². The van der Waals surface area contributed by atoms with Gasteiger partial charge >= 0.3 is 11.9 Å². The molecule has 3 rings (SSSR count). The van der Waals surface area contributed by atoms with Gasteiger partial charge in [0.2, 0.25) is 0 Å². The molecule has 0 heterocycles. The van der Waals surface area contributed by atoms with E-state index in [9.17, 15) is 14.7 Å². The van der Waals surface area contributed by atoms with Gasteiger partial charge in [-0.15, -0.1) is 0 Å². The van der Waals surface area contributed by atoms with Crippen molar-refractivity contribution in [2.45, 2.75) is 123 Å². The van der Waals surface area contributed by atoms with E-state index in [1.165, 1.54) is 69.8 Å². The zero-order chi connectivity index (χ0) is 30.4. The maximum absolute atomic E-state index is 13.1. The molecule has 3 aromatic rings. The fourth-order valence-corrected chi connectivity index (χ4v) is 5.75. The highest BCUT2D eigenvalue weighted by Gasteiger charge is 2.23. The first-order chi connectivity index (χ1) is 20.2. The topological polar surface area (TPSA) is 63.6 Å². The van der Waals surface area contributed by atoms with E-state index in [-0.39, 0.29) is 11.8 Å². The predicted molar refractivity (Wildman–Crippen MR) is 176 cm³/mol. The number of rotatable bonds is 18. The lowest BCUT2D eigenvalue weighted by atomic mass is 9.83. The summed E-state index contributed by atoms with van der Waals surface area (Å²) in [7, 11) is 0. The van der Waals surface area contributed by atoms with Crippen LogP contribution in [-0.4, -0.2) is 17.0 Å². The molecule has 0 aromatic heterocycles. The molecule has 228 valence electrons. The van der Waals surface area contributed by atoms with Crippen molar-refractivity contribution in [2.75, 3.05) is 0 Å². The summed E-state index contributed by atoms with van der Waals surface area (Å²) in [6.07, 6.45) is 19.8. The van der Waals surface area contributed by atoms with E-state index in [4.69, 9.17) is 4.74 Å². The standard InChI is InChI=1S/C38H52O4/c1-5-6-7-8-9-10-11-12-13-14-15-16-17-18-23-30(37(40)41)28-35(39)42-36-31-24-20-19-22-29(31)27-33-32(36)25-21-26-34(33)38(2,3)4/h18-27,30H,5-17,28H2,1-4H3,(H,40,41). The van der Waals surface area contributed by atoms with Gasteiger partial charge in [-0.2, -0.15) is 0 Å². The van der Waals surface area contributed by atoms with E-state index >= 15 is 0 Å². The molecule has 3 aromatic carbocycles. The molecule has 0 saturated carbocycles. The number of aliphatic carboxylic acids is 1. The van der Waals surface area contributed by atoms with Crippen molar-refractivity contribution in [3.8, 4) is 5.75 Å². The number of allylic oxidation sites excluding steroid dienone is 1. The highest BCUT2D eigenvalue weighted by atomic mass is 16.5. The van der Waals surface area contributed by atoms with E-state index in [1.54, 1.807) is 6.08 Å². The summed E-state index contributed by atoms with van der Waals surface area (Å²) in [6, 6.07) is 16.1. The average Bonchev–Trinajstić information content (AvgIpc) is 2.95. The van der Waals surface area contributed by atoms with Crippen LogP contribution in [0.5, 0.6) is 5.75 Å². The largest absolute Gasteiger partial charge is 0.481 e. The van der Waals surface area contributed by atoms with E-state index in [2.05, 4.69) is 39.8 Å². The maximum atomic E-state index is 13.1. The number of benzene rings is 3. The van der Waals surface area contributed by atoms with Gasteiger partial charge in [0.05, 0.1) is 12.3 Å². The molecule has 0 bridgehead atoms. The third-order valence-electron chi connectivity index (χ3n) is 8.18. The molecule has 0 aliphatic rings. The van der Waals surface area contributed by atoms with Gasteiger partial charge in [-0.05, 0) is 40.7 Å². The summed E-state index contributed by atoms with van der Waals surface area (Å²) in [4.78, 5) is 25.1. The van der Waals surface area contributed by atoms with Gasteiger partial charge in [-0.25, -0.2) is 0 Å². The highest BCUT2D eigenvalue weighted by molar-refractivity contribution is 6.07. The molecule has 0 aliphatic heterocycles. The van der Waals surface area contributed by atoms with Gasteiger partial charge in [-0.3, -0.25) is 9.59 Å². The van der Waals surface area contributed by atoms with E-state index in [0.29, 0.717) is 5.75 Å². The van der Waals surface area contributed by atoms with Crippen LogP contribution in [0, 0.1) is 5.92 Å². The summed E-state index contributed by atoms with van der Waals surface area (Å²) < 4.78 is 5.98. The SMILES string of the molecule is CCCCCCCCCCCCCCC=CC(CC(=O)Oc1c2ccccc2cc2c(C(C)(C)C)cccc12)C(=O)O. The molecule has 4 nitrogen and oxygen atoms in total. The first kappa shape index (κ1) is 33.4. The molecule has 0 amide bonds. The first-order valence-electron chi connectivity index (χ1n) is 16.3. The molecular formula is C38H52O4. The predicted octanol–water partition coefficient (Wildman–Crippen LogP) is 10.9. The monoisotopic (exact) mass is 572 g/mol. The molecule has 0 radical (unpaired) electrons. The first-order valence-corrected chi connectivity index (χ1v) is 16.3. The normalized spacial score (nSPS) is 12.8. The smallest absolute Gasteiger partial charge is 0.312 e. The summed E-state index contributed by atoms with van der Waals surface area (Å²) in [6.45, 7) is 8.77. The van der Waals surface area contributed by atoms with Crippen LogP contribution in [0.25, 0.3) is 21.5 Å². The van der Waals surface area contributed by atoms with E-state index < -0.39 is 17.9 Å². The Morgan fingerprint density at radius 2 is 1.38 bits per heavy atom. The lowest BCUT2D eigenvalue weighted by Gasteiger charge is -2.23. The van der Waals surface area contributed by atoms with Crippen molar-refractivity contribution in [2.24, 2.45) is 5.92 Å². The van der Waals surface area contributed by atoms with Crippen molar-refractivity contribution in [3.05, 3.63) is 66.2 Å². The zero-order valence-corrected chi connectivity index (χ0v) is 26.4. The number of carbonyl (C=O) groups excluding carboxylic acids is 1. The van der Waals surface area contributed by atoms with Gasteiger partial charge < -0.3 is 9.84 Å². The van der Waals surface area contributed by atoms with Crippen LogP contribution < -0.4 is 4.74 Å². The Morgan fingerprint density at radius 1 is 0.786 bits per heavy atom. The van der Waals surface area contributed by atoms with Crippen molar-refractivity contribution in [1.29, 1.82) is 0 Å². The third-order valence-corrected chi connectivity index (χ3v) is 8.18. The van der Waals surface area contributed by atoms with Gasteiger partial charge in [0.15, 0.2) is 0 Å². The van der Waals surface area contributed by atoms with Gasteiger partial charge in [0.1, 0.15) is 5.75 Å². The summed E-state index contributed by atoms with van der Waals surface area (Å²) in [5, 5.41) is 13.5. The van der Waals surface area contributed by atoms with Crippen LogP contribution in [-0.2, 0) is 15.0 Å². The molecule has 0 fully saturated rings. The molecule has 0 saturated heterocycles. The van der Waals surface area contributed by atoms with Gasteiger partial charge in [0, 0.05) is 10.8 Å². The minimum absolute atomic E-state index is 0.0873. The Morgan fingerprint density at radius 3 is 2.00 bits per heavy atom. The van der Waals surface area contributed by atoms with Crippen LogP contribution in [0.1, 0.15) is 123 Å². The van der Waals surface area contributed by atoms with Crippen LogP contribution in [0.4, 0.5) is 0 Å². The number of carboxylic acid groups (broad SMARTS) is 1. The van der Waals surface area contributed by atoms with Crippen LogP contribution in [0.15, 0.2) is 60.7 Å². The van der Waals surface area contributed by atoms with Crippen molar-refractivity contribution in [3.63, 3.8) is 0 Å². The fraction of sp³-hybridized carbons (Fsp3) is 0.526. The Balaban J connectivity index is 1.53. The van der Waals surface area contributed by atoms with Crippen molar-refractivity contribution in [1.82, 2.24) is 0 Å². The van der Waals surface area contributed by atoms with Crippen LogP contribution in [0.2, 0.25) is 0 Å². The highest BCUT2D eigenvalue weighted by Crippen LogP contribution is 2.39. The maximum Gasteiger partial charge on any atom is 0.312 e. The van der Waals surface area contributed by atoms with Crippen LogP contribution in [0.3, 0.4) is 0 Å². The lowest BCUT2D eigenvalue weighted by Crippen LogP contribution is -2.19. The summed E-state index contributed by atoms with van der Waals surface area (Å²) in [5.74, 6) is -1.93. The minimum atomic E-state index is -1.00. The minimum Gasteiger partial charge on any atom is -0.481 e. The Hall–Kier alpha value is -3.14. The molecule has 4 heteroatoms. The number of carbonyl (C=O) groups is 2. The molecule has 1 unspecified atom stereocenters. The van der Waals surface area contributed by atoms with Crippen molar-refractivity contribution < 1.29 is 19.4 Å². The van der Waals surface area contributed by atoms with Crippen molar-refractivity contribution >= 4 is 33.5 Å². The number of hydrogen-bond acceptors (Lipinski definition) is 3. The molecule has 0 aliphatic carbocycles. The fourth-order valence-electron chi connectivity index (χ4n) is 5.75. The lowest BCUT2D eigenvalue weighted by molar-refractivity contribution is -0.145. The van der Waals surface area contributed by atoms with E-state index in [1.807, 2.05) is 42.5 Å². The molecule has 0 spiro atoms. The quantitative estimate of drug-likeness (QED) is 0.0541. The number of ether oxygens (including phenoxy) is 1. The number of hydrogen-bond donors (Lipinski definition) is 1. The molecule has 42 heavy (non-hydrogen) atoms. The summed E-state index contributed by atoms with van der Waals surface area (Å²) in [5.41, 5.74) is 1.09. The van der Waals surface area contributed by atoms with E-state index in [0.717, 1.165) is 40.8 Å².